The summed E-state index contributed by atoms with van der Waals surface area (Å²) in [5.74, 6) is -0.781. The first-order valence-corrected chi connectivity index (χ1v) is 3.75. The van der Waals surface area contributed by atoms with Crippen LogP contribution in [0.2, 0.25) is 0 Å². The Hall–Kier alpha value is -0.610. The van der Waals surface area contributed by atoms with Crippen molar-refractivity contribution in [2.75, 3.05) is 0 Å². The number of amides is 1. The summed E-state index contributed by atoms with van der Waals surface area (Å²) in [7, 11) is 0. The predicted molar refractivity (Wildman–Crippen MR) is 38.5 cm³/mol. The molecule has 0 saturated heterocycles. The van der Waals surface area contributed by atoms with E-state index in [1.807, 2.05) is 0 Å². The average Bonchev–Trinajstić information content (AvgIpc) is 1.85. The Balaban J connectivity index is 2.49. The monoisotopic (exact) mass is 159 g/mol. The molecule has 2 unspecified atom stereocenters. The average molecular weight is 159 g/mol. The molecule has 0 bridgehead atoms. The van der Waals surface area contributed by atoms with E-state index >= 15 is 0 Å². The van der Waals surface area contributed by atoms with Crippen molar-refractivity contribution in [3.05, 3.63) is 0 Å². The number of aliphatic hydroxyl groups excluding tert-OH is 2. The maximum Gasteiger partial charge on any atom is 0.220 e. The van der Waals surface area contributed by atoms with Gasteiger partial charge in [-0.2, -0.15) is 0 Å². The van der Waals surface area contributed by atoms with Crippen molar-refractivity contribution in [2.24, 2.45) is 11.7 Å². The van der Waals surface area contributed by atoms with Crippen molar-refractivity contribution in [1.82, 2.24) is 0 Å². The van der Waals surface area contributed by atoms with Crippen LogP contribution in [0.15, 0.2) is 0 Å². The highest BCUT2D eigenvalue weighted by Gasteiger charge is 2.29. The van der Waals surface area contributed by atoms with Crippen LogP contribution in [0.5, 0.6) is 0 Å². The van der Waals surface area contributed by atoms with Gasteiger partial charge in [-0.1, -0.05) is 0 Å². The largest absolute Gasteiger partial charge is 0.393 e. The Morgan fingerprint density at radius 1 is 1.18 bits per heavy atom. The lowest BCUT2D eigenvalue weighted by Gasteiger charge is -2.27. The van der Waals surface area contributed by atoms with Crippen molar-refractivity contribution >= 4 is 5.91 Å². The third kappa shape index (κ3) is 2.17. The second-order valence-electron chi connectivity index (χ2n) is 3.11. The molecule has 2 atom stereocenters. The molecule has 1 aliphatic carbocycles. The highest BCUT2D eigenvalue weighted by Crippen LogP contribution is 2.23. The van der Waals surface area contributed by atoms with Gasteiger partial charge in [0.05, 0.1) is 12.2 Å². The fourth-order valence-electron chi connectivity index (χ4n) is 1.49. The first-order chi connectivity index (χ1) is 5.09. The van der Waals surface area contributed by atoms with Crippen LogP contribution in [-0.4, -0.2) is 28.3 Å². The van der Waals surface area contributed by atoms with Gasteiger partial charge in [-0.15, -0.1) is 0 Å². The molecule has 0 spiro atoms. The topological polar surface area (TPSA) is 83.6 Å². The van der Waals surface area contributed by atoms with E-state index in [2.05, 4.69) is 0 Å². The third-order valence-corrected chi connectivity index (χ3v) is 2.06. The lowest BCUT2D eigenvalue weighted by molar-refractivity contribution is -0.126. The second kappa shape index (κ2) is 3.19. The van der Waals surface area contributed by atoms with Crippen LogP contribution in [0.1, 0.15) is 19.3 Å². The molecule has 4 nitrogen and oxygen atoms in total. The molecule has 0 aliphatic heterocycles. The zero-order valence-corrected chi connectivity index (χ0v) is 6.23. The van der Waals surface area contributed by atoms with Crippen LogP contribution < -0.4 is 5.73 Å². The predicted octanol–water partition coefficient (Wildman–Crippen LogP) is -1.01. The highest BCUT2D eigenvalue weighted by molar-refractivity contribution is 5.76. The van der Waals surface area contributed by atoms with Crippen molar-refractivity contribution in [1.29, 1.82) is 0 Å². The maximum absolute atomic E-state index is 10.6. The van der Waals surface area contributed by atoms with Crippen LogP contribution in [0.25, 0.3) is 0 Å². The molecular weight excluding hydrogens is 146 g/mol. The van der Waals surface area contributed by atoms with E-state index in [0.29, 0.717) is 19.3 Å². The molecule has 11 heavy (non-hydrogen) atoms. The van der Waals surface area contributed by atoms with Crippen LogP contribution in [0, 0.1) is 5.92 Å². The minimum atomic E-state index is -0.573. The Morgan fingerprint density at radius 2 is 1.64 bits per heavy atom. The molecule has 0 aromatic carbocycles. The van der Waals surface area contributed by atoms with E-state index in [1.54, 1.807) is 0 Å². The summed E-state index contributed by atoms with van der Waals surface area (Å²) < 4.78 is 0. The first-order valence-electron chi connectivity index (χ1n) is 3.75. The third-order valence-electron chi connectivity index (χ3n) is 2.06. The number of nitrogens with two attached hydrogens (primary N) is 1. The fourth-order valence-corrected chi connectivity index (χ4v) is 1.49. The Kier molecular flexibility index (Phi) is 2.46. The van der Waals surface area contributed by atoms with Gasteiger partial charge in [-0.3, -0.25) is 4.79 Å². The molecule has 1 fully saturated rings. The van der Waals surface area contributed by atoms with E-state index in [4.69, 9.17) is 15.9 Å². The number of hydrogen-bond donors (Lipinski definition) is 3. The molecule has 4 heteroatoms. The minimum Gasteiger partial charge on any atom is -0.393 e. The van der Waals surface area contributed by atoms with Crippen LogP contribution in [-0.2, 0) is 4.79 Å². The van der Waals surface area contributed by atoms with Crippen molar-refractivity contribution in [2.45, 2.75) is 31.5 Å². The molecular formula is C7H13NO3. The van der Waals surface area contributed by atoms with Crippen molar-refractivity contribution in [3.8, 4) is 0 Å². The van der Waals surface area contributed by atoms with Crippen LogP contribution >= 0.6 is 0 Å². The molecule has 1 saturated carbocycles. The lowest BCUT2D eigenvalue weighted by Crippen LogP contribution is -2.36. The molecule has 1 rings (SSSR count). The Labute approximate surface area is 65.0 Å². The number of aliphatic hydroxyl groups is 2. The molecule has 4 N–H and O–H groups in total. The summed E-state index contributed by atoms with van der Waals surface area (Å²) >= 11 is 0. The van der Waals surface area contributed by atoms with E-state index in [9.17, 15) is 4.79 Å². The molecule has 64 valence electrons. The molecule has 0 heterocycles. The summed E-state index contributed by atoms with van der Waals surface area (Å²) in [6.07, 6.45) is 0.00949. The van der Waals surface area contributed by atoms with Crippen LogP contribution in [0.4, 0.5) is 0 Å². The summed E-state index contributed by atoms with van der Waals surface area (Å²) in [6.45, 7) is 0. The quantitative estimate of drug-likeness (QED) is 0.458. The normalized spacial score (nSPS) is 38.5. The van der Waals surface area contributed by atoms with Gasteiger partial charge in [-0.05, 0) is 19.3 Å². The van der Waals surface area contributed by atoms with Gasteiger partial charge >= 0.3 is 0 Å². The van der Waals surface area contributed by atoms with Gasteiger partial charge in [0.15, 0.2) is 0 Å². The number of primary amides is 1. The SMILES string of the molecule is NC(=O)C1CC(O)CC(O)C1. The van der Waals surface area contributed by atoms with Gasteiger partial charge in [0.25, 0.3) is 0 Å². The highest BCUT2D eigenvalue weighted by atomic mass is 16.3. The summed E-state index contributed by atoms with van der Waals surface area (Å²) in [5.41, 5.74) is 5.03. The zero-order chi connectivity index (χ0) is 8.43. The number of carbonyl (C=O) groups excluding carboxylic acids is 1. The van der Waals surface area contributed by atoms with Crippen molar-refractivity contribution < 1.29 is 15.0 Å². The second-order valence-corrected chi connectivity index (χ2v) is 3.11. The standard InChI is InChI=1S/C7H13NO3/c8-7(11)4-1-5(9)3-6(10)2-4/h4-6,9-10H,1-3H2,(H2,8,11). The maximum atomic E-state index is 10.6. The Morgan fingerprint density at radius 3 is 2.00 bits per heavy atom. The van der Waals surface area contributed by atoms with Gasteiger partial charge in [0.1, 0.15) is 0 Å². The van der Waals surface area contributed by atoms with Gasteiger partial charge in [-0.25, -0.2) is 0 Å². The van der Waals surface area contributed by atoms with E-state index in [0.717, 1.165) is 0 Å². The smallest absolute Gasteiger partial charge is 0.220 e. The number of hydrogen-bond acceptors (Lipinski definition) is 3. The Bertz CT molecular complexity index is 150. The number of rotatable bonds is 1. The molecule has 0 aromatic heterocycles. The zero-order valence-electron chi connectivity index (χ0n) is 6.23. The fraction of sp³-hybridized carbons (Fsp3) is 0.857. The molecule has 1 amide bonds. The molecule has 0 radical (unpaired) electrons. The molecule has 1 aliphatic rings. The van der Waals surface area contributed by atoms with E-state index in [1.165, 1.54) is 0 Å². The van der Waals surface area contributed by atoms with E-state index in [-0.39, 0.29) is 5.92 Å². The summed E-state index contributed by atoms with van der Waals surface area (Å²) in [6, 6.07) is 0. The van der Waals surface area contributed by atoms with Gasteiger partial charge in [0.2, 0.25) is 5.91 Å². The minimum absolute atomic E-state index is 0.353. The van der Waals surface area contributed by atoms with Crippen molar-refractivity contribution in [3.63, 3.8) is 0 Å². The number of carbonyl (C=O) groups is 1. The summed E-state index contributed by atoms with van der Waals surface area (Å²) in [4.78, 5) is 10.6. The lowest BCUT2D eigenvalue weighted by atomic mass is 9.85. The van der Waals surface area contributed by atoms with E-state index < -0.39 is 18.1 Å². The van der Waals surface area contributed by atoms with Gasteiger partial charge < -0.3 is 15.9 Å². The van der Waals surface area contributed by atoms with Crippen LogP contribution in [0.3, 0.4) is 0 Å². The first kappa shape index (κ1) is 8.49. The van der Waals surface area contributed by atoms with Gasteiger partial charge in [0, 0.05) is 5.92 Å². The molecule has 0 aromatic rings. The summed E-state index contributed by atoms with van der Waals surface area (Å²) in [5, 5.41) is 18.3.